The second kappa shape index (κ2) is 12.1. The van der Waals surface area contributed by atoms with Crippen LogP contribution in [0.5, 0.6) is 0 Å². The van der Waals surface area contributed by atoms with E-state index in [0.717, 1.165) is 0 Å². The van der Waals surface area contributed by atoms with Crippen LogP contribution in [0.1, 0.15) is 57.4 Å². The molecule has 2 amide bonds. The number of carboxylic acid groups (broad SMARTS) is 2. The number of amides is 2. The molecule has 0 bridgehead atoms. The van der Waals surface area contributed by atoms with Crippen LogP contribution >= 0.6 is 0 Å². The molecule has 0 radical (unpaired) electrons. The van der Waals surface area contributed by atoms with Gasteiger partial charge in [-0.3, -0.25) is 14.4 Å². The predicted octanol–water partition coefficient (Wildman–Crippen LogP) is 5.48. The molecule has 40 heavy (non-hydrogen) atoms. The third-order valence-corrected chi connectivity index (χ3v) is 5.78. The van der Waals surface area contributed by atoms with Crippen LogP contribution in [-0.2, 0) is 0 Å². The fraction of sp³-hybridized carbons (Fsp3) is 0. The molecular formula is C31H22N2O7. The molecule has 0 aromatic heterocycles. The van der Waals surface area contributed by atoms with Gasteiger partial charge < -0.3 is 20.8 Å². The van der Waals surface area contributed by atoms with Crippen molar-refractivity contribution in [3.8, 4) is 0 Å². The van der Waals surface area contributed by atoms with Crippen LogP contribution in [0.2, 0.25) is 0 Å². The highest BCUT2D eigenvalue weighted by molar-refractivity contribution is 6.12. The number of aromatic carboxylic acids is 2. The monoisotopic (exact) mass is 534 g/mol. The van der Waals surface area contributed by atoms with Gasteiger partial charge in [0.2, 0.25) is 0 Å². The lowest BCUT2D eigenvalue weighted by Gasteiger charge is -2.09. The molecule has 198 valence electrons. The van der Waals surface area contributed by atoms with Gasteiger partial charge in [-0.05, 0) is 60.2 Å². The first kappa shape index (κ1) is 27.2. The van der Waals surface area contributed by atoms with E-state index in [1.807, 2.05) is 0 Å². The van der Waals surface area contributed by atoms with Crippen molar-refractivity contribution < 1.29 is 34.2 Å². The molecule has 9 heteroatoms. The molecule has 0 unspecified atom stereocenters. The lowest BCUT2D eigenvalue weighted by atomic mass is 10.1. The van der Waals surface area contributed by atoms with Crippen molar-refractivity contribution in [3.05, 3.63) is 137 Å². The zero-order valence-electron chi connectivity index (χ0n) is 20.8. The van der Waals surface area contributed by atoms with E-state index in [0.29, 0.717) is 16.9 Å². The minimum Gasteiger partial charge on any atom is -0.478 e. The highest BCUT2D eigenvalue weighted by Crippen LogP contribution is 2.18. The van der Waals surface area contributed by atoms with E-state index in [1.165, 1.54) is 48.5 Å². The molecule has 0 aliphatic rings. The Morgan fingerprint density at radius 2 is 1.02 bits per heavy atom. The van der Waals surface area contributed by atoms with Gasteiger partial charge in [0.15, 0.2) is 5.78 Å². The van der Waals surface area contributed by atoms with E-state index in [4.69, 9.17) is 0 Å². The quantitative estimate of drug-likeness (QED) is 0.164. The van der Waals surface area contributed by atoms with Crippen molar-refractivity contribution in [3.63, 3.8) is 0 Å². The number of carboxylic acids is 2. The molecule has 0 heterocycles. The summed E-state index contributed by atoms with van der Waals surface area (Å²) >= 11 is 0. The van der Waals surface area contributed by atoms with Gasteiger partial charge in [-0.1, -0.05) is 54.6 Å². The van der Waals surface area contributed by atoms with Gasteiger partial charge in [-0.25, -0.2) is 9.59 Å². The molecule has 4 aromatic carbocycles. The third-order valence-electron chi connectivity index (χ3n) is 5.78. The molecule has 4 aromatic rings. The minimum absolute atomic E-state index is 0.00922. The molecular weight excluding hydrogens is 512 g/mol. The zero-order valence-corrected chi connectivity index (χ0v) is 20.8. The Balaban J connectivity index is 1.45. The fourth-order valence-corrected chi connectivity index (χ4v) is 3.87. The Morgan fingerprint density at radius 3 is 1.55 bits per heavy atom. The van der Waals surface area contributed by atoms with Gasteiger partial charge in [-0.15, -0.1) is 0 Å². The average molecular weight is 535 g/mol. The van der Waals surface area contributed by atoms with Gasteiger partial charge >= 0.3 is 11.9 Å². The number of ketones is 1. The van der Waals surface area contributed by atoms with Crippen molar-refractivity contribution >= 4 is 47.0 Å². The summed E-state index contributed by atoms with van der Waals surface area (Å²) in [6.07, 6.45) is 2.89. The molecule has 9 nitrogen and oxygen atoms in total. The highest BCUT2D eigenvalue weighted by atomic mass is 16.4. The van der Waals surface area contributed by atoms with Gasteiger partial charge in [0.05, 0.1) is 22.3 Å². The summed E-state index contributed by atoms with van der Waals surface area (Å²) in [5, 5.41) is 23.9. The van der Waals surface area contributed by atoms with Crippen LogP contribution in [0.15, 0.2) is 103 Å². The van der Waals surface area contributed by atoms with Crippen molar-refractivity contribution in [1.82, 2.24) is 0 Å². The largest absolute Gasteiger partial charge is 0.478 e. The maximum absolute atomic E-state index is 12.8. The Morgan fingerprint density at radius 1 is 0.550 bits per heavy atom. The van der Waals surface area contributed by atoms with E-state index < -0.39 is 23.8 Å². The summed E-state index contributed by atoms with van der Waals surface area (Å²) in [7, 11) is 0. The summed E-state index contributed by atoms with van der Waals surface area (Å²) in [5.74, 6) is -4.00. The number of anilines is 2. The van der Waals surface area contributed by atoms with Crippen molar-refractivity contribution in [1.29, 1.82) is 0 Å². The minimum atomic E-state index is -1.23. The summed E-state index contributed by atoms with van der Waals surface area (Å²) in [6, 6.07) is 24.6. The average Bonchev–Trinajstić information content (AvgIpc) is 2.96. The zero-order chi connectivity index (χ0) is 28.6. The Bertz CT molecular complexity index is 1670. The third kappa shape index (κ3) is 6.53. The van der Waals surface area contributed by atoms with Gasteiger partial charge in [0, 0.05) is 16.9 Å². The summed E-state index contributed by atoms with van der Waals surface area (Å²) < 4.78 is 0. The summed E-state index contributed by atoms with van der Waals surface area (Å²) in [4.78, 5) is 60.9. The first-order chi connectivity index (χ1) is 19.2. The topological polar surface area (TPSA) is 150 Å². The number of carbonyl (C=O) groups excluding carboxylic acids is 3. The first-order valence-corrected chi connectivity index (χ1v) is 11.9. The van der Waals surface area contributed by atoms with Gasteiger partial charge in [0.1, 0.15) is 0 Å². The van der Waals surface area contributed by atoms with E-state index in [9.17, 15) is 34.2 Å². The van der Waals surface area contributed by atoms with Crippen LogP contribution in [0.4, 0.5) is 11.4 Å². The van der Waals surface area contributed by atoms with Crippen molar-refractivity contribution in [2.24, 2.45) is 0 Å². The number of rotatable bonds is 9. The lowest BCUT2D eigenvalue weighted by Crippen LogP contribution is -2.16. The standard InChI is InChI=1S/C31H22N2O7/c34-27(20-8-6-10-22(18-20)33-29(36)24-12-2-4-14-26(24)31(39)40)16-15-19-7-5-9-21(17-19)32-28(35)23-11-1-3-13-25(23)30(37)38/h1-18H,(H,32,35)(H,33,36)(H,37,38)(H,39,40)/b16-15+. The molecule has 0 aliphatic heterocycles. The second-order valence-corrected chi connectivity index (χ2v) is 8.51. The highest BCUT2D eigenvalue weighted by Gasteiger charge is 2.17. The smallest absolute Gasteiger partial charge is 0.336 e. The van der Waals surface area contributed by atoms with Crippen molar-refractivity contribution in [2.75, 3.05) is 10.6 Å². The summed E-state index contributed by atoms with van der Waals surface area (Å²) in [5.41, 5.74) is 1.37. The summed E-state index contributed by atoms with van der Waals surface area (Å²) in [6.45, 7) is 0. The molecule has 0 spiro atoms. The maximum atomic E-state index is 12.8. The van der Waals surface area contributed by atoms with E-state index in [2.05, 4.69) is 10.6 Å². The van der Waals surface area contributed by atoms with Crippen molar-refractivity contribution in [2.45, 2.75) is 0 Å². The Hall–Kier alpha value is -5.83. The van der Waals surface area contributed by atoms with Gasteiger partial charge in [0.25, 0.3) is 11.8 Å². The molecule has 0 saturated carbocycles. The Kier molecular flexibility index (Phi) is 8.26. The first-order valence-electron chi connectivity index (χ1n) is 11.9. The fourth-order valence-electron chi connectivity index (χ4n) is 3.87. The van der Waals surface area contributed by atoms with Gasteiger partial charge in [-0.2, -0.15) is 0 Å². The molecule has 0 atom stereocenters. The SMILES string of the molecule is O=C(/C=C/c1cccc(NC(=O)c2ccccc2C(=O)O)c1)c1cccc(NC(=O)c2ccccc2C(=O)O)c1. The normalized spacial score (nSPS) is 10.6. The maximum Gasteiger partial charge on any atom is 0.336 e. The van der Waals surface area contributed by atoms with Crippen LogP contribution in [0.3, 0.4) is 0 Å². The molecule has 0 fully saturated rings. The molecule has 4 rings (SSSR count). The van der Waals surface area contributed by atoms with E-state index in [-0.39, 0.29) is 33.6 Å². The van der Waals surface area contributed by atoms with E-state index >= 15 is 0 Å². The lowest BCUT2D eigenvalue weighted by molar-refractivity contribution is 0.0683. The van der Waals surface area contributed by atoms with E-state index in [1.54, 1.807) is 60.7 Å². The van der Waals surface area contributed by atoms with Crippen LogP contribution in [0.25, 0.3) is 6.08 Å². The molecule has 0 saturated heterocycles. The van der Waals surface area contributed by atoms with Crippen LogP contribution in [0, 0.1) is 0 Å². The number of carbonyl (C=O) groups is 5. The number of nitrogens with one attached hydrogen (secondary N) is 2. The Labute approximate surface area is 228 Å². The van der Waals surface area contributed by atoms with Crippen LogP contribution in [-0.4, -0.2) is 39.7 Å². The molecule has 0 aliphatic carbocycles. The number of benzene rings is 4. The molecule has 4 N–H and O–H groups in total. The second-order valence-electron chi connectivity index (χ2n) is 8.51. The van der Waals surface area contributed by atoms with Crippen LogP contribution < -0.4 is 10.6 Å². The number of hydrogen-bond donors (Lipinski definition) is 4. The number of allylic oxidation sites excluding steroid dienone is 1. The number of hydrogen-bond acceptors (Lipinski definition) is 5. The predicted molar refractivity (Wildman–Crippen MR) is 149 cm³/mol.